The van der Waals surface area contributed by atoms with Crippen molar-refractivity contribution in [1.82, 2.24) is 5.16 Å². The van der Waals surface area contributed by atoms with Gasteiger partial charge in [-0.05, 0) is 25.0 Å². The molecule has 4 rings (SSSR count). The number of hydrogen-bond donors (Lipinski definition) is 3. The summed E-state index contributed by atoms with van der Waals surface area (Å²) in [5.74, 6) is 0.910. The van der Waals surface area contributed by atoms with E-state index in [-0.39, 0.29) is 5.91 Å². The third-order valence-corrected chi connectivity index (χ3v) is 5.87. The van der Waals surface area contributed by atoms with E-state index in [1.807, 2.05) is 68.4 Å². The lowest BCUT2D eigenvalue weighted by atomic mass is 10.1. The Kier molecular flexibility index (Phi) is 6.26. The highest BCUT2D eigenvalue weighted by molar-refractivity contribution is 5.93. The molecular formula is C24H30N4O2+2. The Hall–Kier alpha value is -2.96. The highest BCUT2D eigenvalue weighted by Gasteiger charge is 2.26. The number of quaternary nitrogens is 2. The van der Waals surface area contributed by atoms with Crippen LogP contribution in [0.25, 0.3) is 11.3 Å². The summed E-state index contributed by atoms with van der Waals surface area (Å²) < 4.78 is 5.52. The largest absolute Gasteiger partial charge is 0.356 e. The Morgan fingerprint density at radius 3 is 2.33 bits per heavy atom. The second-order valence-electron chi connectivity index (χ2n) is 8.22. The maximum Gasteiger partial charge on any atom is 0.279 e. The number of benzene rings is 2. The Morgan fingerprint density at radius 2 is 1.63 bits per heavy atom. The van der Waals surface area contributed by atoms with E-state index in [2.05, 4.69) is 10.5 Å². The summed E-state index contributed by atoms with van der Waals surface area (Å²) in [6.07, 6.45) is 0. The van der Waals surface area contributed by atoms with Gasteiger partial charge in [-0.25, -0.2) is 0 Å². The van der Waals surface area contributed by atoms with Crippen molar-refractivity contribution in [1.29, 1.82) is 0 Å². The normalized spacial score (nSPS) is 18.9. The molecule has 0 unspecified atom stereocenters. The van der Waals surface area contributed by atoms with Gasteiger partial charge in [-0.2, -0.15) is 0 Å². The van der Waals surface area contributed by atoms with E-state index >= 15 is 0 Å². The van der Waals surface area contributed by atoms with Gasteiger partial charge in [-0.3, -0.25) is 4.79 Å². The molecule has 6 heteroatoms. The zero-order valence-corrected chi connectivity index (χ0v) is 17.7. The molecule has 0 radical (unpaired) electrons. The zero-order valence-electron chi connectivity index (χ0n) is 17.7. The van der Waals surface area contributed by atoms with Crippen LogP contribution in [-0.4, -0.2) is 43.8 Å². The molecule has 0 aliphatic carbocycles. The van der Waals surface area contributed by atoms with Gasteiger partial charge in [0.2, 0.25) is 0 Å². The van der Waals surface area contributed by atoms with Gasteiger partial charge < -0.3 is 19.6 Å². The number of carbonyl (C=O) groups excluding carboxylic acids is 1. The number of para-hydroxylation sites is 1. The first kappa shape index (κ1) is 20.3. The molecule has 1 aromatic heterocycles. The molecule has 1 aliphatic heterocycles. The summed E-state index contributed by atoms with van der Waals surface area (Å²) in [6.45, 7) is 9.47. The summed E-state index contributed by atoms with van der Waals surface area (Å²) in [4.78, 5) is 15.4. The summed E-state index contributed by atoms with van der Waals surface area (Å²) in [5.41, 5.74) is 5.20. The molecule has 2 aromatic carbocycles. The second-order valence-corrected chi connectivity index (χ2v) is 8.22. The molecule has 1 fully saturated rings. The molecule has 3 N–H and O–H groups in total. The van der Waals surface area contributed by atoms with Crippen molar-refractivity contribution in [3.63, 3.8) is 0 Å². The molecule has 1 saturated heterocycles. The van der Waals surface area contributed by atoms with E-state index in [1.54, 1.807) is 0 Å². The minimum absolute atomic E-state index is 0.0925. The van der Waals surface area contributed by atoms with Crippen molar-refractivity contribution < 1.29 is 19.1 Å². The number of nitrogens with one attached hydrogen (secondary N) is 3. The van der Waals surface area contributed by atoms with Crippen LogP contribution < -0.4 is 15.1 Å². The Labute approximate surface area is 177 Å². The molecule has 3 aromatic rings. The van der Waals surface area contributed by atoms with Crippen molar-refractivity contribution in [2.75, 3.05) is 38.0 Å². The SMILES string of the molecule is Cc1cccc(C)c1NC(=O)C[NH+]1CC[NH+](Cc2cc(-c3ccccc3)on2)CC1. The van der Waals surface area contributed by atoms with Gasteiger partial charge in [-0.15, -0.1) is 0 Å². The fourth-order valence-corrected chi connectivity index (χ4v) is 4.12. The van der Waals surface area contributed by atoms with E-state index in [4.69, 9.17) is 4.52 Å². The van der Waals surface area contributed by atoms with Crippen LogP contribution in [0, 0.1) is 13.8 Å². The van der Waals surface area contributed by atoms with Crippen LogP contribution in [0.15, 0.2) is 59.1 Å². The van der Waals surface area contributed by atoms with Gasteiger partial charge in [0, 0.05) is 17.3 Å². The highest BCUT2D eigenvalue weighted by atomic mass is 16.5. The minimum atomic E-state index is 0.0925. The van der Waals surface area contributed by atoms with Gasteiger partial charge >= 0.3 is 0 Å². The molecule has 156 valence electrons. The minimum Gasteiger partial charge on any atom is -0.356 e. The summed E-state index contributed by atoms with van der Waals surface area (Å²) in [5, 5.41) is 7.36. The monoisotopic (exact) mass is 406 g/mol. The van der Waals surface area contributed by atoms with Crippen LogP contribution in [0.1, 0.15) is 16.8 Å². The van der Waals surface area contributed by atoms with E-state index in [0.29, 0.717) is 6.54 Å². The summed E-state index contributed by atoms with van der Waals surface area (Å²) in [7, 11) is 0. The molecule has 1 amide bonds. The predicted molar refractivity (Wildman–Crippen MR) is 116 cm³/mol. The molecule has 0 saturated carbocycles. The molecule has 0 bridgehead atoms. The number of anilines is 1. The molecular weight excluding hydrogens is 376 g/mol. The lowest BCUT2D eigenvalue weighted by molar-refractivity contribution is -1.02. The standard InChI is InChI=1S/C24H28N4O2/c1-18-7-6-8-19(2)24(18)25-23(29)17-28-13-11-27(12-14-28)16-21-15-22(30-26-21)20-9-4-3-5-10-20/h3-10,15H,11-14,16-17H2,1-2H3,(H,25,29)/p+2. The fourth-order valence-electron chi connectivity index (χ4n) is 4.12. The topological polar surface area (TPSA) is 64.0 Å². The van der Waals surface area contributed by atoms with Crippen molar-refractivity contribution >= 4 is 11.6 Å². The van der Waals surface area contributed by atoms with E-state index < -0.39 is 0 Å². The number of carbonyl (C=O) groups is 1. The highest BCUT2D eigenvalue weighted by Crippen LogP contribution is 2.20. The van der Waals surface area contributed by atoms with Crippen molar-refractivity contribution in [2.45, 2.75) is 20.4 Å². The average Bonchev–Trinajstić information content (AvgIpc) is 3.21. The van der Waals surface area contributed by atoms with Crippen molar-refractivity contribution in [2.24, 2.45) is 0 Å². The zero-order chi connectivity index (χ0) is 20.9. The third-order valence-electron chi connectivity index (χ3n) is 5.87. The number of piperazine rings is 1. The van der Waals surface area contributed by atoms with E-state index in [0.717, 1.165) is 66.6 Å². The van der Waals surface area contributed by atoms with Gasteiger partial charge in [-0.1, -0.05) is 53.7 Å². The molecule has 1 aliphatic rings. The van der Waals surface area contributed by atoms with Crippen LogP contribution in [0.5, 0.6) is 0 Å². The molecule has 6 nitrogen and oxygen atoms in total. The van der Waals surface area contributed by atoms with Gasteiger partial charge in [0.1, 0.15) is 38.4 Å². The molecule has 0 atom stereocenters. The molecule has 30 heavy (non-hydrogen) atoms. The number of amides is 1. The first-order valence-corrected chi connectivity index (χ1v) is 10.6. The smallest absolute Gasteiger partial charge is 0.279 e. The lowest BCUT2D eigenvalue weighted by Crippen LogP contribution is -3.28. The number of hydrogen-bond acceptors (Lipinski definition) is 3. The maximum absolute atomic E-state index is 12.5. The number of aromatic nitrogens is 1. The third kappa shape index (κ3) is 4.96. The molecule has 0 spiro atoms. The number of aryl methyl sites for hydroxylation is 2. The Balaban J connectivity index is 1.25. The summed E-state index contributed by atoms with van der Waals surface area (Å²) in [6, 6.07) is 18.2. The van der Waals surface area contributed by atoms with Gasteiger partial charge in [0.05, 0.1) is 0 Å². The lowest BCUT2D eigenvalue weighted by Gasteiger charge is -2.28. The Bertz CT molecular complexity index is 971. The summed E-state index contributed by atoms with van der Waals surface area (Å²) >= 11 is 0. The fraction of sp³-hybridized carbons (Fsp3) is 0.333. The average molecular weight is 407 g/mol. The van der Waals surface area contributed by atoms with Crippen LogP contribution in [0.3, 0.4) is 0 Å². The maximum atomic E-state index is 12.5. The molecule has 2 heterocycles. The van der Waals surface area contributed by atoms with E-state index in [1.165, 1.54) is 9.80 Å². The van der Waals surface area contributed by atoms with Crippen LogP contribution >= 0.6 is 0 Å². The van der Waals surface area contributed by atoms with Crippen LogP contribution in [-0.2, 0) is 11.3 Å². The second kappa shape index (κ2) is 9.24. The number of rotatable bonds is 6. The van der Waals surface area contributed by atoms with Crippen molar-refractivity contribution in [3.8, 4) is 11.3 Å². The van der Waals surface area contributed by atoms with Crippen LogP contribution in [0.2, 0.25) is 0 Å². The van der Waals surface area contributed by atoms with Crippen molar-refractivity contribution in [3.05, 3.63) is 71.4 Å². The van der Waals surface area contributed by atoms with Gasteiger partial charge in [0.15, 0.2) is 12.3 Å². The quantitative estimate of drug-likeness (QED) is 0.570. The first-order valence-electron chi connectivity index (χ1n) is 10.6. The predicted octanol–water partition coefficient (Wildman–Crippen LogP) is 0.881. The van der Waals surface area contributed by atoms with Crippen LogP contribution in [0.4, 0.5) is 5.69 Å². The number of nitrogens with zero attached hydrogens (tertiary/aromatic N) is 1. The Morgan fingerprint density at radius 1 is 0.967 bits per heavy atom. The first-order chi connectivity index (χ1) is 14.6. The van der Waals surface area contributed by atoms with E-state index in [9.17, 15) is 4.79 Å². The van der Waals surface area contributed by atoms with Gasteiger partial charge in [0.25, 0.3) is 5.91 Å².